The lowest BCUT2D eigenvalue weighted by molar-refractivity contribution is -0.140. The number of fused-ring (bicyclic) bond motifs is 1. The normalized spacial score (nSPS) is 28.7. The van der Waals surface area contributed by atoms with Gasteiger partial charge in [-0.05, 0) is 6.08 Å². The van der Waals surface area contributed by atoms with Crippen molar-refractivity contribution in [1.29, 1.82) is 0 Å². The first-order chi connectivity index (χ1) is 5.27. The second-order valence-electron chi connectivity index (χ2n) is 2.43. The molecule has 0 spiro atoms. The number of piperazine rings is 1. The first-order valence-corrected chi connectivity index (χ1v) is 3.32. The van der Waals surface area contributed by atoms with Gasteiger partial charge in [0, 0.05) is 6.54 Å². The smallest absolute Gasteiger partial charge is 0.313 e. The Morgan fingerprint density at radius 1 is 1.36 bits per heavy atom. The second-order valence-corrected chi connectivity index (χ2v) is 2.43. The SMILES string of the molecule is O=C1NC2=CCNC2NC1=O. The highest BCUT2D eigenvalue weighted by molar-refractivity contribution is 6.36. The minimum absolute atomic E-state index is 0.194. The molecule has 0 radical (unpaired) electrons. The number of carbonyl (C=O) groups is 2. The van der Waals surface area contributed by atoms with Gasteiger partial charge in [0.1, 0.15) is 6.17 Å². The Morgan fingerprint density at radius 2 is 2.18 bits per heavy atom. The average molecular weight is 153 g/mol. The molecule has 1 saturated heterocycles. The van der Waals surface area contributed by atoms with Crippen molar-refractivity contribution in [3.05, 3.63) is 11.8 Å². The summed E-state index contributed by atoms with van der Waals surface area (Å²) in [5, 5.41) is 7.94. The number of hydrogen-bond acceptors (Lipinski definition) is 3. The summed E-state index contributed by atoms with van der Waals surface area (Å²) in [7, 11) is 0. The van der Waals surface area contributed by atoms with Crippen LogP contribution in [0.25, 0.3) is 0 Å². The zero-order valence-electron chi connectivity index (χ0n) is 5.68. The average Bonchev–Trinajstić information content (AvgIpc) is 2.36. The van der Waals surface area contributed by atoms with Crippen LogP contribution in [0.3, 0.4) is 0 Å². The summed E-state index contributed by atoms with van der Waals surface area (Å²) in [6.45, 7) is 0.681. The van der Waals surface area contributed by atoms with Gasteiger partial charge in [0.15, 0.2) is 0 Å². The molecule has 2 amide bonds. The third-order valence-corrected chi connectivity index (χ3v) is 1.69. The quantitative estimate of drug-likeness (QED) is 0.354. The molecule has 11 heavy (non-hydrogen) atoms. The molecule has 2 rings (SSSR count). The van der Waals surface area contributed by atoms with E-state index in [0.717, 1.165) is 5.70 Å². The Labute approximate surface area is 62.8 Å². The Hall–Kier alpha value is -1.36. The molecule has 1 unspecified atom stereocenters. The van der Waals surface area contributed by atoms with Gasteiger partial charge in [-0.25, -0.2) is 0 Å². The van der Waals surface area contributed by atoms with Gasteiger partial charge in [-0.2, -0.15) is 0 Å². The fourth-order valence-corrected chi connectivity index (χ4v) is 1.15. The number of nitrogens with one attached hydrogen (secondary N) is 3. The maximum Gasteiger partial charge on any atom is 0.313 e. The van der Waals surface area contributed by atoms with Gasteiger partial charge >= 0.3 is 11.8 Å². The highest BCUT2D eigenvalue weighted by Gasteiger charge is 2.30. The fraction of sp³-hybridized carbons (Fsp3) is 0.333. The number of amides is 2. The van der Waals surface area contributed by atoms with Crippen molar-refractivity contribution in [1.82, 2.24) is 16.0 Å². The summed E-state index contributed by atoms with van der Waals surface area (Å²) >= 11 is 0. The molecule has 3 N–H and O–H groups in total. The van der Waals surface area contributed by atoms with E-state index < -0.39 is 11.8 Å². The molecule has 2 heterocycles. The molecule has 0 aromatic carbocycles. The van der Waals surface area contributed by atoms with Crippen molar-refractivity contribution in [2.45, 2.75) is 6.17 Å². The van der Waals surface area contributed by atoms with Crippen molar-refractivity contribution < 1.29 is 9.59 Å². The minimum atomic E-state index is -0.587. The third-order valence-electron chi connectivity index (χ3n) is 1.69. The van der Waals surface area contributed by atoms with Gasteiger partial charge < -0.3 is 10.6 Å². The lowest BCUT2D eigenvalue weighted by Gasteiger charge is -2.22. The van der Waals surface area contributed by atoms with Gasteiger partial charge in [0.25, 0.3) is 0 Å². The molecule has 1 atom stereocenters. The molecular formula is C6H7N3O2. The monoisotopic (exact) mass is 153 g/mol. The maximum atomic E-state index is 10.7. The van der Waals surface area contributed by atoms with Gasteiger partial charge in [0.05, 0.1) is 5.70 Å². The predicted molar refractivity (Wildman–Crippen MR) is 36.2 cm³/mol. The van der Waals surface area contributed by atoms with Crippen LogP contribution in [0.15, 0.2) is 11.8 Å². The molecule has 0 aromatic rings. The third kappa shape index (κ3) is 0.894. The molecule has 5 nitrogen and oxygen atoms in total. The van der Waals surface area contributed by atoms with E-state index in [-0.39, 0.29) is 6.17 Å². The summed E-state index contributed by atoms with van der Waals surface area (Å²) < 4.78 is 0. The highest BCUT2D eigenvalue weighted by atomic mass is 16.2. The molecule has 2 aliphatic rings. The molecular weight excluding hydrogens is 146 g/mol. The van der Waals surface area contributed by atoms with Gasteiger partial charge in [-0.3, -0.25) is 14.9 Å². The van der Waals surface area contributed by atoms with Crippen LogP contribution >= 0.6 is 0 Å². The van der Waals surface area contributed by atoms with Crippen LogP contribution in [-0.2, 0) is 9.59 Å². The molecule has 0 bridgehead atoms. The molecule has 1 fully saturated rings. The Bertz CT molecular complexity index is 259. The summed E-state index contributed by atoms with van der Waals surface area (Å²) in [5.41, 5.74) is 0.745. The lowest BCUT2D eigenvalue weighted by atomic mass is 10.3. The van der Waals surface area contributed by atoms with Gasteiger partial charge in [0.2, 0.25) is 0 Å². The van der Waals surface area contributed by atoms with Gasteiger partial charge in [-0.15, -0.1) is 0 Å². The van der Waals surface area contributed by atoms with Crippen molar-refractivity contribution in [3.63, 3.8) is 0 Å². The molecule has 0 aliphatic carbocycles. The van der Waals surface area contributed by atoms with Crippen LogP contribution in [0.2, 0.25) is 0 Å². The minimum Gasteiger partial charge on any atom is -0.327 e. The fourth-order valence-electron chi connectivity index (χ4n) is 1.15. The van der Waals surface area contributed by atoms with Crippen LogP contribution in [-0.4, -0.2) is 24.5 Å². The summed E-state index contributed by atoms with van der Waals surface area (Å²) in [6, 6.07) is 0. The number of hydrogen-bond donors (Lipinski definition) is 3. The van der Waals surface area contributed by atoms with E-state index in [0.29, 0.717) is 6.54 Å². The Balaban J connectivity index is 2.22. The van der Waals surface area contributed by atoms with Crippen LogP contribution in [0.5, 0.6) is 0 Å². The van der Waals surface area contributed by atoms with Gasteiger partial charge in [-0.1, -0.05) is 0 Å². The summed E-state index contributed by atoms with van der Waals surface area (Å²) in [5.74, 6) is -1.17. The van der Waals surface area contributed by atoms with Crippen LogP contribution in [0, 0.1) is 0 Å². The molecule has 0 aromatic heterocycles. The summed E-state index contributed by atoms with van der Waals surface area (Å²) in [4.78, 5) is 21.5. The largest absolute Gasteiger partial charge is 0.327 e. The maximum absolute atomic E-state index is 10.7. The molecule has 0 saturated carbocycles. The van der Waals surface area contributed by atoms with E-state index >= 15 is 0 Å². The zero-order chi connectivity index (χ0) is 7.84. The standard InChI is InChI=1S/C6H7N3O2/c10-5-6(11)9-4-3(8-5)1-2-7-4/h1,4,7H,2H2,(H,8,10)(H,9,11). The summed E-state index contributed by atoms with van der Waals surface area (Å²) in [6.07, 6.45) is 1.64. The van der Waals surface area contributed by atoms with E-state index in [2.05, 4.69) is 16.0 Å². The van der Waals surface area contributed by atoms with Crippen LogP contribution < -0.4 is 16.0 Å². The highest BCUT2D eigenvalue weighted by Crippen LogP contribution is 2.05. The van der Waals surface area contributed by atoms with E-state index in [4.69, 9.17) is 0 Å². The first-order valence-electron chi connectivity index (χ1n) is 3.32. The predicted octanol–water partition coefficient (Wildman–Crippen LogP) is -1.95. The van der Waals surface area contributed by atoms with Crippen molar-refractivity contribution in [2.75, 3.05) is 6.54 Å². The van der Waals surface area contributed by atoms with E-state index in [1.807, 2.05) is 6.08 Å². The van der Waals surface area contributed by atoms with Crippen molar-refractivity contribution in [3.8, 4) is 0 Å². The molecule has 2 aliphatic heterocycles. The molecule has 58 valence electrons. The number of rotatable bonds is 0. The van der Waals surface area contributed by atoms with Crippen molar-refractivity contribution >= 4 is 11.8 Å². The van der Waals surface area contributed by atoms with E-state index in [9.17, 15) is 9.59 Å². The zero-order valence-corrected chi connectivity index (χ0v) is 5.68. The van der Waals surface area contributed by atoms with E-state index in [1.165, 1.54) is 0 Å². The molecule has 5 heteroatoms. The second kappa shape index (κ2) is 2.06. The Kier molecular flexibility index (Phi) is 1.19. The Morgan fingerprint density at radius 3 is 3.00 bits per heavy atom. The first kappa shape index (κ1) is 6.36. The lowest BCUT2D eigenvalue weighted by Crippen LogP contribution is -2.57. The van der Waals surface area contributed by atoms with Crippen LogP contribution in [0.1, 0.15) is 0 Å². The topological polar surface area (TPSA) is 70.2 Å². The van der Waals surface area contributed by atoms with E-state index in [1.54, 1.807) is 0 Å². The number of carbonyl (C=O) groups excluding carboxylic acids is 2. The van der Waals surface area contributed by atoms with Crippen LogP contribution in [0.4, 0.5) is 0 Å². The van der Waals surface area contributed by atoms with Crippen molar-refractivity contribution in [2.24, 2.45) is 0 Å².